The van der Waals surface area contributed by atoms with Crippen LogP contribution in [0.15, 0.2) is 50.4 Å². The fourth-order valence-electron chi connectivity index (χ4n) is 3.08. The van der Waals surface area contributed by atoms with E-state index in [2.05, 4.69) is 5.16 Å². The lowest BCUT2D eigenvalue weighted by molar-refractivity contribution is 0.356. The first-order valence-electron chi connectivity index (χ1n) is 9.37. The Kier molecular flexibility index (Phi) is 6.14. The third-order valence-corrected chi connectivity index (χ3v) is 7.24. The Morgan fingerprint density at radius 1 is 1.24 bits per heavy atom. The Morgan fingerprint density at radius 3 is 2.59 bits per heavy atom. The van der Waals surface area contributed by atoms with Crippen molar-refractivity contribution < 1.29 is 22.1 Å². The van der Waals surface area contributed by atoms with Gasteiger partial charge in [0.05, 0.1) is 19.1 Å². The minimum atomic E-state index is -3.79. The highest BCUT2D eigenvalue weighted by Gasteiger charge is 2.29. The molecular weight excluding hydrogens is 392 g/mol. The molecule has 0 aliphatic carbocycles. The van der Waals surface area contributed by atoms with Crippen LogP contribution < -0.4 is 4.74 Å². The van der Waals surface area contributed by atoms with Crippen molar-refractivity contribution in [3.63, 3.8) is 0 Å². The van der Waals surface area contributed by atoms with Gasteiger partial charge in [-0.15, -0.1) is 0 Å². The van der Waals surface area contributed by atoms with Gasteiger partial charge in [-0.25, -0.2) is 8.42 Å². The molecule has 3 aromatic rings. The summed E-state index contributed by atoms with van der Waals surface area (Å²) in [6, 6.07) is 8.47. The van der Waals surface area contributed by atoms with Crippen LogP contribution >= 0.6 is 0 Å². The normalized spacial score (nSPS) is 13.0. The smallest absolute Gasteiger partial charge is 0.246 e. The molecule has 1 aromatic carbocycles. The molecule has 1 atom stereocenters. The van der Waals surface area contributed by atoms with Crippen molar-refractivity contribution in [1.82, 2.24) is 9.46 Å². The van der Waals surface area contributed by atoms with Gasteiger partial charge in [-0.05, 0) is 57.5 Å². The summed E-state index contributed by atoms with van der Waals surface area (Å²) in [5.74, 6) is 1.67. The summed E-state index contributed by atoms with van der Waals surface area (Å²) in [5, 5.41) is 3.96. The molecule has 0 radical (unpaired) electrons. The van der Waals surface area contributed by atoms with Crippen molar-refractivity contribution in [2.24, 2.45) is 0 Å². The fraction of sp³-hybridized carbons (Fsp3) is 0.381. The summed E-state index contributed by atoms with van der Waals surface area (Å²) >= 11 is 0. The number of sulfonamides is 1. The van der Waals surface area contributed by atoms with Crippen LogP contribution in [0.2, 0.25) is 0 Å². The molecule has 2 aromatic heterocycles. The van der Waals surface area contributed by atoms with Crippen LogP contribution in [0.25, 0.3) is 11.3 Å². The lowest BCUT2D eigenvalue weighted by Gasteiger charge is -2.25. The monoisotopic (exact) mass is 418 g/mol. The first kappa shape index (κ1) is 21.1. The van der Waals surface area contributed by atoms with E-state index in [-0.39, 0.29) is 16.7 Å². The number of furan rings is 1. The average molecular weight is 419 g/mol. The molecule has 3 rings (SSSR count). The molecule has 0 N–H and O–H groups in total. The summed E-state index contributed by atoms with van der Waals surface area (Å²) in [7, 11) is -0.755. The number of hydrogen-bond donors (Lipinski definition) is 0. The maximum Gasteiger partial charge on any atom is 0.246 e. The van der Waals surface area contributed by atoms with Gasteiger partial charge in [0.2, 0.25) is 10.0 Å². The highest BCUT2D eigenvalue weighted by molar-refractivity contribution is 7.89. The third kappa shape index (κ3) is 4.23. The number of nitrogens with zero attached hydrogens (tertiary/aromatic N) is 2. The molecule has 0 aliphatic rings. The standard InChI is InChI=1S/C21H26N2O5S/c1-14(8-10-18-7-6-12-27-18)23(4)29(24,25)20-13-17(9-11-19(20)26-5)21-15(2)16(3)22-28-21/h6-7,9,11-14H,8,10H2,1-5H3. The number of hydrogen-bond acceptors (Lipinski definition) is 6. The van der Waals surface area contributed by atoms with Gasteiger partial charge in [0.15, 0.2) is 5.76 Å². The fourth-order valence-corrected chi connectivity index (χ4v) is 4.65. The second-order valence-electron chi connectivity index (χ2n) is 7.08. The van der Waals surface area contributed by atoms with Crippen molar-refractivity contribution >= 4 is 10.0 Å². The lowest BCUT2D eigenvalue weighted by atomic mass is 10.1. The first-order valence-corrected chi connectivity index (χ1v) is 10.8. The lowest BCUT2D eigenvalue weighted by Crippen LogP contribution is -2.35. The van der Waals surface area contributed by atoms with Crippen LogP contribution in [0.4, 0.5) is 0 Å². The van der Waals surface area contributed by atoms with E-state index in [0.717, 1.165) is 17.0 Å². The van der Waals surface area contributed by atoms with Gasteiger partial charge in [-0.2, -0.15) is 4.31 Å². The van der Waals surface area contributed by atoms with Gasteiger partial charge < -0.3 is 13.7 Å². The molecule has 0 saturated carbocycles. The Morgan fingerprint density at radius 2 is 2.00 bits per heavy atom. The Labute approximate surface area is 171 Å². The number of methoxy groups -OCH3 is 1. The second kappa shape index (κ2) is 8.42. The third-order valence-electron chi connectivity index (χ3n) is 5.25. The molecule has 0 spiro atoms. The van der Waals surface area contributed by atoms with Crippen LogP contribution in [0.5, 0.6) is 5.75 Å². The zero-order valence-corrected chi connectivity index (χ0v) is 18.1. The Balaban J connectivity index is 1.91. The van der Waals surface area contributed by atoms with Crippen LogP contribution in [-0.4, -0.2) is 38.1 Å². The van der Waals surface area contributed by atoms with E-state index in [4.69, 9.17) is 13.7 Å². The highest BCUT2D eigenvalue weighted by Crippen LogP contribution is 2.34. The number of benzene rings is 1. The molecule has 0 fully saturated rings. The maximum atomic E-state index is 13.4. The van der Waals surface area contributed by atoms with Gasteiger partial charge in [-0.3, -0.25) is 0 Å². The van der Waals surface area contributed by atoms with Crippen molar-refractivity contribution in [1.29, 1.82) is 0 Å². The molecule has 1 unspecified atom stereocenters. The predicted octanol–water partition coefficient (Wildman–Crippen LogP) is 4.20. The maximum absolute atomic E-state index is 13.4. The van der Waals surface area contributed by atoms with Crippen LogP contribution in [0.1, 0.15) is 30.4 Å². The quantitative estimate of drug-likeness (QED) is 0.545. The van der Waals surface area contributed by atoms with E-state index < -0.39 is 10.0 Å². The first-order chi connectivity index (χ1) is 13.8. The minimum Gasteiger partial charge on any atom is -0.495 e. The zero-order chi connectivity index (χ0) is 21.2. The van der Waals surface area contributed by atoms with Crippen LogP contribution in [-0.2, 0) is 16.4 Å². The zero-order valence-electron chi connectivity index (χ0n) is 17.3. The van der Waals surface area contributed by atoms with E-state index in [1.807, 2.05) is 32.9 Å². The van der Waals surface area contributed by atoms with E-state index >= 15 is 0 Å². The molecule has 29 heavy (non-hydrogen) atoms. The number of aromatic nitrogens is 1. The van der Waals surface area contributed by atoms with Crippen molar-refractivity contribution in [3.05, 3.63) is 53.6 Å². The summed E-state index contributed by atoms with van der Waals surface area (Å²) in [4.78, 5) is 0.0956. The molecule has 0 amide bonds. The van der Waals surface area contributed by atoms with E-state index in [1.165, 1.54) is 11.4 Å². The molecule has 0 bridgehead atoms. The Bertz CT molecular complexity index is 1070. The average Bonchev–Trinajstić information content (AvgIpc) is 3.35. The van der Waals surface area contributed by atoms with Gasteiger partial charge in [0.25, 0.3) is 0 Å². The molecule has 156 valence electrons. The molecule has 0 aliphatic heterocycles. The SMILES string of the molecule is COc1ccc(-c2onc(C)c2C)cc1S(=O)(=O)N(C)C(C)CCc1ccco1. The second-order valence-corrected chi connectivity index (χ2v) is 9.04. The Hall–Kier alpha value is -2.58. The number of aryl methyl sites for hydroxylation is 2. The topological polar surface area (TPSA) is 85.8 Å². The highest BCUT2D eigenvalue weighted by atomic mass is 32.2. The van der Waals surface area contributed by atoms with Crippen LogP contribution in [0, 0.1) is 13.8 Å². The van der Waals surface area contributed by atoms with Gasteiger partial charge in [0, 0.05) is 30.6 Å². The minimum absolute atomic E-state index is 0.0956. The van der Waals surface area contributed by atoms with E-state index in [0.29, 0.717) is 24.2 Å². The molecule has 2 heterocycles. The predicted molar refractivity (Wildman–Crippen MR) is 109 cm³/mol. The van der Waals surface area contributed by atoms with Crippen molar-refractivity contribution in [3.8, 4) is 17.1 Å². The van der Waals surface area contributed by atoms with E-state index in [9.17, 15) is 8.42 Å². The molecule has 0 saturated heterocycles. The van der Waals surface area contributed by atoms with Crippen molar-refractivity contribution in [2.45, 2.75) is 44.6 Å². The summed E-state index contributed by atoms with van der Waals surface area (Å²) in [6.45, 7) is 5.61. The summed E-state index contributed by atoms with van der Waals surface area (Å²) < 4.78 is 44.2. The number of rotatable bonds is 8. The summed E-state index contributed by atoms with van der Waals surface area (Å²) in [6.07, 6.45) is 2.90. The number of ether oxygens (including phenoxy) is 1. The van der Waals surface area contributed by atoms with Crippen molar-refractivity contribution in [2.75, 3.05) is 14.2 Å². The van der Waals surface area contributed by atoms with Gasteiger partial charge in [0.1, 0.15) is 16.4 Å². The van der Waals surface area contributed by atoms with E-state index in [1.54, 1.807) is 31.5 Å². The molecule has 8 heteroatoms. The molecule has 7 nitrogen and oxygen atoms in total. The van der Waals surface area contributed by atoms with Gasteiger partial charge in [-0.1, -0.05) is 5.16 Å². The molecular formula is C21H26N2O5S. The largest absolute Gasteiger partial charge is 0.495 e. The van der Waals surface area contributed by atoms with Crippen LogP contribution in [0.3, 0.4) is 0 Å². The van der Waals surface area contributed by atoms with Gasteiger partial charge >= 0.3 is 0 Å². The summed E-state index contributed by atoms with van der Waals surface area (Å²) in [5.41, 5.74) is 2.28.